The first kappa shape index (κ1) is 22.6. The number of aryl methyl sites for hydroxylation is 2. The number of aromatic hydroxyl groups is 1. The number of phenolic OH excluding ortho intramolecular Hbond substituents is 1. The summed E-state index contributed by atoms with van der Waals surface area (Å²) in [6, 6.07) is 22.9. The molecule has 4 rings (SSSR count). The second-order valence-corrected chi connectivity index (χ2v) is 9.25. The molecular weight excluding hydrogens is 432 g/mol. The zero-order valence-corrected chi connectivity index (χ0v) is 19.6. The largest absolute Gasteiger partial charge is 0.508 e. The molecule has 0 fully saturated rings. The van der Waals surface area contributed by atoms with E-state index in [-0.39, 0.29) is 16.9 Å². The van der Waals surface area contributed by atoms with Gasteiger partial charge in [0.05, 0.1) is 11.8 Å². The predicted molar refractivity (Wildman–Crippen MR) is 133 cm³/mol. The number of phenols is 1. The Morgan fingerprint density at radius 2 is 1.64 bits per heavy atom. The Balaban J connectivity index is 1.61. The molecule has 0 saturated carbocycles. The van der Waals surface area contributed by atoms with Crippen molar-refractivity contribution < 1.29 is 9.90 Å². The first-order chi connectivity index (χ1) is 15.9. The lowest BCUT2D eigenvalue weighted by atomic mass is 10.1. The minimum atomic E-state index is -0.379. The molecule has 0 bridgehead atoms. The summed E-state index contributed by atoms with van der Waals surface area (Å²) in [5.74, 6) is 0.792. The highest BCUT2D eigenvalue weighted by Crippen LogP contribution is 2.29. The molecule has 0 aliphatic heterocycles. The second-order valence-electron chi connectivity index (χ2n) is 7.94. The Morgan fingerprint density at radius 1 is 0.970 bits per heavy atom. The first-order valence-corrected chi connectivity index (χ1v) is 11.6. The van der Waals surface area contributed by atoms with Crippen LogP contribution in [0.3, 0.4) is 0 Å². The number of nitrogens with one attached hydrogen (secondary N) is 1. The Labute approximate surface area is 197 Å². The third-order valence-corrected chi connectivity index (χ3v) is 6.49. The minimum absolute atomic E-state index is 0.0853. The Morgan fingerprint density at radius 3 is 2.30 bits per heavy atom. The van der Waals surface area contributed by atoms with Crippen LogP contribution in [0, 0.1) is 13.8 Å². The highest BCUT2D eigenvalue weighted by molar-refractivity contribution is 8.00. The van der Waals surface area contributed by atoms with E-state index in [1.54, 1.807) is 12.1 Å². The number of anilines is 1. The summed E-state index contributed by atoms with van der Waals surface area (Å²) in [4.78, 5) is 13.0. The number of amides is 1. The summed E-state index contributed by atoms with van der Waals surface area (Å²) in [7, 11) is 0. The van der Waals surface area contributed by atoms with Gasteiger partial charge in [-0.3, -0.25) is 9.36 Å². The van der Waals surface area contributed by atoms with E-state index < -0.39 is 0 Å². The van der Waals surface area contributed by atoms with E-state index in [1.165, 1.54) is 11.8 Å². The molecule has 0 saturated heterocycles. The lowest BCUT2D eigenvalue weighted by Gasteiger charge is -2.16. The number of nitrogens with zero attached hydrogens (tertiary/aromatic N) is 3. The number of benzene rings is 3. The normalized spacial score (nSPS) is 11.8. The van der Waals surface area contributed by atoms with Gasteiger partial charge in [-0.2, -0.15) is 0 Å². The molecule has 3 aromatic carbocycles. The monoisotopic (exact) mass is 458 g/mol. The van der Waals surface area contributed by atoms with Crippen LogP contribution in [0.25, 0.3) is 11.4 Å². The molecule has 6 nitrogen and oxygen atoms in total. The summed E-state index contributed by atoms with van der Waals surface area (Å²) in [5.41, 5.74) is 4.86. The number of carbonyl (C=O) groups is 1. The van der Waals surface area contributed by atoms with Crippen LogP contribution < -0.4 is 5.32 Å². The molecule has 1 amide bonds. The lowest BCUT2D eigenvalue weighted by Crippen LogP contribution is -2.24. The van der Waals surface area contributed by atoms with Crippen LogP contribution in [0.5, 0.6) is 5.75 Å². The van der Waals surface area contributed by atoms with Crippen molar-refractivity contribution in [1.29, 1.82) is 0 Å². The van der Waals surface area contributed by atoms with Crippen molar-refractivity contribution in [3.63, 3.8) is 0 Å². The zero-order chi connectivity index (χ0) is 23.4. The van der Waals surface area contributed by atoms with Crippen molar-refractivity contribution in [2.45, 2.75) is 37.7 Å². The summed E-state index contributed by atoms with van der Waals surface area (Å²) >= 11 is 1.38. The third-order valence-electron chi connectivity index (χ3n) is 5.41. The standard InChI is InChI=1S/C26H26N4O2S/c1-17-8-7-9-18(2)23(17)27-25(32)19(3)33-26-29-28-24(21-12-14-22(31)15-13-21)30(26)16-20-10-5-4-6-11-20/h4-15,19,31H,16H2,1-3H3,(H,27,32)/t19-/m0/s1. The van der Waals surface area contributed by atoms with Gasteiger partial charge in [0.1, 0.15) is 5.75 Å². The summed E-state index contributed by atoms with van der Waals surface area (Å²) in [6.45, 7) is 6.41. The van der Waals surface area contributed by atoms with Crippen LogP contribution in [0.2, 0.25) is 0 Å². The molecule has 4 aromatic rings. The van der Waals surface area contributed by atoms with Crippen molar-refractivity contribution in [2.75, 3.05) is 5.32 Å². The lowest BCUT2D eigenvalue weighted by molar-refractivity contribution is -0.115. The van der Waals surface area contributed by atoms with E-state index in [4.69, 9.17) is 0 Å². The molecule has 7 heteroatoms. The van der Waals surface area contributed by atoms with Crippen molar-refractivity contribution in [1.82, 2.24) is 14.8 Å². The van der Waals surface area contributed by atoms with Crippen LogP contribution in [-0.2, 0) is 11.3 Å². The maximum atomic E-state index is 13.0. The fourth-order valence-electron chi connectivity index (χ4n) is 3.56. The van der Waals surface area contributed by atoms with Crippen LogP contribution in [0.4, 0.5) is 5.69 Å². The molecule has 0 unspecified atom stereocenters. The Hall–Kier alpha value is -3.58. The highest BCUT2D eigenvalue weighted by atomic mass is 32.2. The van der Waals surface area contributed by atoms with E-state index in [0.717, 1.165) is 27.9 Å². The molecule has 1 heterocycles. The molecule has 168 valence electrons. The molecule has 0 spiro atoms. The number of aromatic nitrogens is 3. The van der Waals surface area contributed by atoms with E-state index >= 15 is 0 Å². The van der Waals surface area contributed by atoms with Crippen LogP contribution in [-0.4, -0.2) is 31.0 Å². The molecular formula is C26H26N4O2S. The Kier molecular flexibility index (Phi) is 6.79. The summed E-state index contributed by atoms with van der Waals surface area (Å²) in [6.07, 6.45) is 0. The van der Waals surface area contributed by atoms with Crippen LogP contribution in [0.1, 0.15) is 23.6 Å². The first-order valence-electron chi connectivity index (χ1n) is 10.7. The van der Waals surface area contributed by atoms with Gasteiger partial charge in [0.2, 0.25) is 5.91 Å². The topological polar surface area (TPSA) is 80.0 Å². The summed E-state index contributed by atoms with van der Waals surface area (Å²) in [5, 5.41) is 21.8. The summed E-state index contributed by atoms with van der Waals surface area (Å²) < 4.78 is 2.01. The number of hydrogen-bond donors (Lipinski definition) is 2. The molecule has 33 heavy (non-hydrogen) atoms. The van der Waals surface area contributed by atoms with E-state index in [9.17, 15) is 9.90 Å². The van der Waals surface area contributed by atoms with Gasteiger partial charge in [0.15, 0.2) is 11.0 Å². The van der Waals surface area contributed by atoms with Gasteiger partial charge in [-0.05, 0) is 61.7 Å². The van der Waals surface area contributed by atoms with Gasteiger partial charge in [-0.15, -0.1) is 10.2 Å². The van der Waals surface area contributed by atoms with E-state index in [2.05, 4.69) is 15.5 Å². The van der Waals surface area contributed by atoms with Crippen LogP contribution >= 0.6 is 11.8 Å². The fourth-order valence-corrected chi connectivity index (χ4v) is 4.40. The number of para-hydroxylation sites is 1. The highest BCUT2D eigenvalue weighted by Gasteiger charge is 2.22. The maximum Gasteiger partial charge on any atom is 0.237 e. The zero-order valence-electron chi connectivity index (χ0n) is 18.8. The smallest absolute Gasteiger partial charge is 0.237 e. The van der Waals surface area contributed by atoms with Crippen molar-refractivity contribution in [3.05, 3.63) is 89.5 Å². The van der Waals surface area contributed by atoms with Gasteiger partial charge >= 0.3 is 0 Å². The van der Waals surface area contributed by atoms with Gasteiger partial charge < -0.3 is 10.4 Å². The third kappa shape index (κ3) is 5.26. The van der Waals surface area contributed by atoms with E-state index in [1.807, 2.05) is 86.0 Å². The SMILES string of the molecule is Cc1cccc(C)c1NC(=O)[C@H](C)Sc1nnc(-c2ccc(O)cc2)n1Cc1ccccc1. The molecule has 0 aliphatic carbocycles. The maximum absolute atomic E-state index is 13.0. The van der Waals surface area contributed by atoms with Crippen molar-refractivity contribution in [2.24, 2.45) is 0 Å². The number of hydrogen-bond acceptors (Lipinski definition) is 5. The van der Waals surface area contributed by atoms with Crippen molar-refractivity contribution in [3.8, 4) is 17.1 Å². The Bertz CT molecular complexity index is 1230. The average Bonchev–Trinajstić information content (AvgIpc) is 3.19. The predicted octanol–water partition coefficient (Wildman–Crippen LogP) is 5.44. The van der Waals surface area contributed by atoms with Gasteiger partial charge in [-0.1, -0.05) is 60.3 Å². The second kappa shape index (κ2) is 9.92. The number of thioether (sulfide) groups is 1. The van der Waals surface area contributed by atoms with Crippen LogP contribution in [0.15, 0.2) is 78.0 Å². The fraction of sp³-hybridized carbons (Fsp3) is 0.192. The van der Waals surface area contributed by atoms with E-state index in [0.29, 0.717) is 17.5 Å². The van der Waals surface area contributed by atoms with Gasteiger partial charge in [-0.25, -0.2) is 0 Å². The molecule has 1 aromatic heterocycles. The molecule has 0 radical (unpaired) electrons. The van der Waals surface area contributed by atoms with Crippen molar-refractivity contribution >= 4 is 23.4 Å². The van der Waals surface area contributed by atoms with Gasteiger partial charge in [0.25, 0.3) is 0 Å². The quantitative estimate of drug-likeness (QED) is 0.361. The number of carbonyl (C=O) groups excluding carboxylic acids is 1. The molecule has 2 N–H and O–H groups in total. The van der Waals surface area contributed by atoms with Gasteiger partial charge in [0, 0.05) is 11.3 Å². The molecule has 1 atom stereocenters. The molecule has 0 aliphatic rings. The minimum Gasteiger partial charge on any atom is -0.508 e. The average molecular weight is 459 g/mol. The number of rotatable bonds is 7.